The lowest BCUT2D eigenvalue weighted by Gasteiger charge is -2.32. The van der Waals surface area contributed by atoms with Crippen molar-refractivity contribution in [1.29, 1.82) is 0 Å². The summed E-state index contributed by atoms with van der Waals surface area (Å²) in [4.78, 5) is 4.44. The highest BCUT2D eigenvalue weighted by Gasteiger charge is 2.49. The fourth-order valence-corrected chi connectivity index (χ4v) is 2.02. The zero-order valence-corrected chi connectivity index (χ0v) is 12.7. The van der Waals surface area contributed by atoms with Crippen molar-refractivity contribution in [3.8, 4) is 0 Å². The molecular formula is C15H22BNO2. The van der Waals surface area contributed by atoms with Crippen LogP contribution < -0.4 is 0 Å². The molecule has 2 heterocycles. The molecule has 0 atom stereocenters. The van der Waals surface area contributed by atoms with Crippen LogP contribution in [0.3, 0.4) is 0 Å². The van der Waals surface area contributed by atoms with Gasteiger partial charge in [0.05, 0.1) is 11.2 Å². The monoisotopic (exact) mass is 259 g/mol. The molecule has 1 saturated heterocycles. The van der Waals surface area contributed by atoms with Crippen molar-refractivity contribution in [2.24, 2.45) is 0 Å². The molecule has 2 rings (SSSR count). The summed E-state index contributed by atoms with van der Waals surface area (Å²) in [7, 11) is -0.300. The Morgan fingerprint density at radius 2 is 1.63 bits per heavy atom. The highest BCUT2D eigenvalue weighted by atomic mass is 16.7. The zero-order valence-electron chi connectivity index (χ0n) is 12.7. The van der Waals surface area contributed by atoms with Crippen molar-refractivity contribution >= 4 is 13.2 Å². The van der Waals surface area contributed by atoms with Gasteiger partial charge in [0.15, 0.2) is 0 Å². The third-order valence-corrected chi connectivity index (χ3v) is 3.97. The molecule has 1 fully saturated rings. The fourth-order valence-electron chi connectivity index (χ4n) is 2.02. The van der Waals surface area contributed by atoms with Gasteiger partial charge in [0.25, 0.3) is 0 Å². The normalized spacial score (nSPS) is 21.3. The smallest absolute Gasteiger partial charge is 0.400 e. The van der Waals surface area contributed by atoms with E-state index in [0.717, 1.165) is 17.0 Å². The molecule has 1 aromatic rings. The van der Waals surface area contributed by atoms with Gasteiger partial charge in [0.2, 0.25) is 0 Å². The molecule has 102 valence electrons. The molecule has 0 saturated carbocycles. The van der Waals surface area contributed by atoms with Gasteiger partial charge in [0.1, 0.15) is 0 Å². The van der Waals surface area contributed by atoms with Crippen LogP contribution in [0.25, 0.3) is 6.08 Å². The van der Waals surface area contributed by atoms with Crippen molar-refractivity contribution in [2.45, 2.75) is 52.7 Å². The minimum Gasteiger partial charge on any atom is -0.400 e. The number of aryl methyl sites for hydroxylation is 2. The average Bonchev–Trinajstić information content (AvgIpc) is 2.46. The van der Waals surface area contributed by atoms with E-state index >= 15 is 0 Å². The van der Waals surface area contributed by atoms with Crippen molar-refractivity contribution in [3.05, 3.63) is 35.1 Å². The Bertz CT molecular complexity index is 493. The molecule has 19 heavy (non-hydrogen) atoms. The first-order valence-corrected chi connectivity index (χ1v) is 6.69. The quantitative estimate of drug-likeness (QED) is 0.763. The van der Waals surface area contributed by atoms with Gasteiger partial charge in [0, 0.05) is 11.4 Å². The lowest BCUT2D eigenvalue weighted by Crippen LogP contribution is -2.41. The van der Waals surface area contributed by atoms with E-state index in [1.54, 1.807) is 0 Å². The van der Waals surface area contributed by atoms with Crippen LogP contribution in [0.2, 0.25) is 0 Å². The van der Waals surface area contributed by atoms with Crippen LogP contribution in [0, 0.1) is 13.8 Å². The van der Waals surface area contributed by atoms with E-state index in [0.29, 0.717) is 0 Å². The minimum absolute atomic E-state index is 0.289. The second-order valence-electron chi connectivity index (χ2n) is 6.11. The van der Waals surface area contributed by atoms with E-state index in [1.807, 2.05) is 32.0 Å². The summed E-state index contributed by atoms with van der Waals surface area (Å²) in [6.45, 7) is 12.2. The molecule has 0 radical (unpaired) electrons. The van der Waals surface area contributed by atoms with Crippen LogP contribution in [0.15, 0.2) is 18.1 Å². The lowest BCUT2D eigenvalue weighted by atomic mass is 9.89. The topological polar surface area (TPSA) is 31.4 Å². The van der Waals surface area contributed by atoms with Crippen LogP contribution in [0.5, 0.6) is 0 Å². The molecule has 0 spiro atoms. The third kappa shape index (κ3) is 2.90. The number of nitrogens with zero attached hydrogens (tertiary/aromatic N) is 1. The Morgan fingerprint density at radius 3 is 2.16 bits per heavy atom. The van der Waals surface area contributed by atoms with Crippen LogP contribution in [0.4, 0.5) is 0 Å². The highest BCUT2D eigenvalue weighted by molar-refractivity contribution is 6.52. The molecule has 1 aliphatic heterocycles. The molecule has 0 bridgehead atoms. The largest absolute Gasteiger partial charge is 0.487 e. The predicted molar refractivity (Wildman–Crippen MR) is 78.8 cm³/mol. The van der Waals surface area contributed by atoms with E-state index in [9.17, 15) is 0 Å². The molecule has 4 heteroatoms. The molecule has 0 unspecified atom stereocenters. The second kappa shape index (κ2) is 4.76. The number of hydrogen-bond acceptors (Lipinski definition) is 3. The lowest BCUT2D eigenvalue weighted by molar-refractivity contribution is 0.00578. The summed E-state index contributed by atoms with van der Waals surface area (Å²) in [5.41, 5.74) is 2.57. The van der Waals surface area contributed by atoms with Crippen LogP contribution in [-0.2, 0) is 9.31 Å². The number of aromatic nitrogens is 1. The Hall–Kier alpha value is -1.13. The highest BCUT2D eigenvalue weighted by Crippen LogP contribution is 2.37. The van der Waals surface area contributed by atoms with E-state index in [-0.39, 0.29) is 18.3 Å². The van der Waals surface area contributed by atoms with Crippen LogP contribution in [0.1, 0.15) is 44.6 Å². The van der Waals surface area contributed by atoms with Crippen molar-refractivity contribution < 1.29 is 9.31 Å². The fraction of sp³-hybridized carbons (Fsp3) is 0.533. The standard InChI is InChI=1S/C15H22BNO2/c1-11-7-8-13(12(2)17-11)9-10-16-18-14(3,4)15(5,6)19-16/h7-10H,1-6H3/b10-9+. The minimum atomic E-state index is -0.300. The van der Waals surface area contributed by atoms with Gasteiger partial charge >= 0.3 is 7.12 Å². The summed E-state index contributed by atoms with van der Waals surface area (Å²) < 4.78 is 11.8. The maximum atomic E-state index is 5.92. The number of hydrogen-bond donors (Lipinski definition) is 0. The predicted octanol–water partition coefficient (Wildman–Crippen LogP) is 3.34. The summed E-state index contributed by atoms with van der Waals surface area (Å²) in [5.74, 6) is 1.95. The SMILES string of the molecule is Cc1ccc(/C=C/B2OC(C)(C)C(C)(C)O2)c(C)n1. The summed E-state index contributed by atoms with van der Waals surface area (Å²) >= 11 is 0. The van der Waals surface area contributed by atoms with Crippen molar-refractivity contribution in [3.63, 3.8) is 0 Å². The van der Waals surface area contributed by atoms with Crippen molar-refractivity contribution in [2.75, 3.05) is 0 Å². The van der Waals surface area contributed by atoms with Gasteiger partial charge in [-0.3, -0.25) is 4.98 Å². The van der Waals surface area contributed by atoms with E-state index in [4.69, 9.17) is 9.31 Å². The van der Waals surface area contributed by atoms with E-state index < -0.39 is 0 Å². The first-order chi connectivity index (χ1) is 8.71. The van der Waals surface area contributed by atoms with Crippen molar-refractivity contribution in [1.82, 2.24) is 4.98 Å². The molecular weight excluding hydrogens is 237 g/mol. The first-order valence-electron chi connectivity index (χ1n) is 6.69. The average molecular weight is 259 g/mol. The van der Waals surface area contributed by atoms with E-state index in [1.165, 1.54) is 0 Å². The zero-order chi connectivity index (χ0) is 14.3. The van der Waals surface area contributed by atoms with Gasteiger partial charge < -0.3 is 9.31 Å². The molecule has 3 nitrogen and oxygen atoms in total. The Balaban J connectivity index is 2.13. The molecule has 1 aliphatic rings. The molecule has 0 aromatic carbocycles. The van der Waals surface area contributed by atoms with Crippen LogP contribution >= 0.6 is 0 Å². The third-order valence-electron chi connectivity index (χ3n) is 3.97. The maximum absolute atomic E-state index is 5.92. The van der Waals surface area contributed by atoms with Gasteiger partial charge in [-0.05, 0) is 53.2 Å². The molecule has 0 amide bonds. The Morgan fingerprint density at radius 1 is 1.05 bits per heavy atom. The molecule has 0 N–H and O–H groups in total. The van der Waals surface area contributed by atoms with Gasteiger partial charge in [-0.25, -0.2) is 0 Å². The van der Waals surface area contributed by atoms with Gasteiger partial charge in [-0.2, -0.15) is 0 Å². The second-order valence-corrected chi connectivity index (χ2v) is 6.11. The maximum Gasteiger partial charge on any atom is 0.487 e. The Kier molecular flexibility index (Phi) is 3.58. The van der Waals surface area contributed by atoms with Gasteiger partial charge in [-0.1, -0.05) is 18.1 Å². The summed E-state index contributed by atoms with van der Waals surface area (Å²) in [6, 6.07) is 4.08. The first kappa shape index (κ1) is 14.3. The Labute approximate surface area is 116 Å². The van der Waals surface area contributed by atoms with Gasteiger partial charge in [-0.15, -0.1) is 0 Å². The van der Waals surface area contributed by atoms with Crippen LogP contribution in [-0.4, -0.2) is 23.3 Å². The number of rotatable bonds is 2. The number of pyridine rings is 1. The molecule has 0 aliphatic carbocycles. The summed E-state index contributed by atoms with van der Waals surface area (Å²) in [6.07, 6.45) is 2.02. The van der Waals surface area contributed by atoms with E-state index in [2.05, 4.69) is 38.7 Å². The molecule has 1 aromatic heterocycles. The summed E-state index contributed by atoms with van der Waals surface area (Å²) in [5, 5.41) is 0.